The van der Waals surface area contributed by atoms with Crippen molar-refractivity contribution in [1.82, 2.24) is 9.97 Å². The Balaban J connectivity index is 0.00000320. The zero-order chi connectivity index (χ0) is 21.0. The Morgan fingerprint density at radius 3 is 1.67 bits per heavy atom. The molecule has 3 rings (SSSR count). The zero-order valence-corrected chi connectivity index (χ0v) is 18.4. The number of anilines is 2. The summed E-state index contributed by atoms with van der Waals surface area (Å²) >= 11 is 0. The monoisotopic (exact) mass is 437 g/mol. The van der Waals surface area contributed by atoms with Gasteiger partial charge in [-0.1, -0.05) is 0 Å². The van der Waals surface area contributed by atoms with Crippen LogP contribution in [0.4, 0.5) is 11.5 Å². The van der Waals surface area contributed by atoms with E-state index in [1.807, 2.05) is 0 Å². The van der Waals surface area contributed by atoms with E-state index in [1.165, 1.54) is 6.33 Å². The first kappa shape index (κ1) is 23.0. The minimum absolute atomic E-state index is 0. The standard InChI is InChI=1S/C20H23N3O6.ClH/c1-24-13-7-11(8-14(25-2)17(13)27-4)23-20-12-9-15(26-3)18(28-5)19(29-6)16(12)21-10-22-20;/h7-10H,1-6H3,(H,21,22,23);1H. The van der Waals surface area contributed by atoms with E-state index in [-0.39, 0.29) is 12.4 Å². The van der Waals surface area contributed by atoms with E-state index in [9.17, 15) is 0 Å². The lowest BCUT2D eigenvalue weighted by molar-refractivity contribution is 0.324. The van der Waals surface area contributed by atoms with Crippen LogP contribution in [-0.4, -0.2) is 52.6 Å². The molecule has 0 radical (unpaired) electrons. The van der Waals surface area contributed by atoms with Crippen LogP contribution in [0.15, 0.2) is 24.5 Å². The van der Waals surface area contributed by atoms with Crippen LogP contribution >= 0.6 is 12.4 Å². The number of aromatic nitrogens is 2. The number of nitrogens with one attached hydrogen (secondary N) is 1. The van der Waals surface area contributed by atoms with Crippen LogP contribution in [-0.2, 0) is 0 Å². The van der Waals surface area contributed by atoms with Crippen molar-refractivity contribution in [3.8, 4) is 34.5 Å². The molecule has 0 aliphatic rings. The van der Waals surface area contributed by atoms with Crippen molar-refractivity contribution in [3.05, 3.63) is 24.5 Å². The topological polar surface area (TPSA) is 93.2 Å². The Hall–Kier alpha value is -3.33. The summed E-state index contributed by atoms with van der Waals surface area (Å²) in [4.78, 5) is 8.73. The lowest BCUT2D eigenvalue weighted by atomic mass is 10.1. The molecule has 1 N–H and O–H groups in total. The summed E-state index contributed by atoms with van der Waals surface area (Å²) in [6.07, 6.45) is 1.44. The minimum Gasteiger partial charge on any atom is -0.493 e. The van der Waals surface area contributed by atoms with Crippen LogP contribution in [0.2, 0.25) is 0 Å². The molecule has 162 valence electrons. The molecular weight excluding hydrogens is 414 g/mol. The highest BCUT2D eigenvalue weighted by Gasteiger charge is 2.20. The number of rotatable bonds is 8. The maximum absolute atomic E-state index is 5.52. The second kappa shape index (κ2) is 9.93. The molecule has 1 heterocycles. The molecule has 0 fully saturated rings. The fraction of sp³-hybridized carbons (Fsp3) is 0.300. The van der Waals surface area contributed by atoms with Gasteiger partial charge >= 0.3 is 0 Å². The molecule has 0 aliphatic carbocycles. The normalized spacial score (nSPS) is 10.1. The van der Waals surface area contributed by atoms with Gasteiger partial charge in [-0.15, -0.1) is 12.4 Å². The van der Waals surface area contributed by atoms with Crippen LogP contribution in [0, 0.1) is 0 Å². The van der Waals surface area contributed by atoms with Crippen molar-refractivity contribution in [2.75, 3.05) is 48.0 Å². The SMILES string of the molecule is COc1cc(Nc2ncnc3c(OC)c(OC)c(OC)cc23)cc(OC)c1OC.Cl. The Morgan fingerprint density at radius 2 is 1.17 bits per heavy atom. The molecule has 0 spiro atoms. The maximum atomic E-state index is 5.52. The third-order valence-corrected chi connectivity index (χ3v) is 4.36. The smallest absolute Gasteiger partial charge is 0.205 e. The molecule has 2 aromatic carbocycles. The van der Waals surface area contributed by atoms with Crippen molar-refractivity contribution >= 4 is 34.8 Å². The van der Waals surface area contributed by atoms with Gasteiger partial charge in [-0.25, -0.2) is 9.97 Å². The number of nitrogens with zero attached hydrogens (tertiary/aromatic N) is 2. The summed E-state index contributed by atoms with van der Waals surface area (Å²) in [7, 11) is 9.32. The van der Waals surface area contributed by atoms with E-state index < -0.39 is 0 Å². The van der Waals surface area contributed by atoms with Crippen molar-refractivity contribution < 1.29 is 28.4 Å². The van der Waals surface area contributed by atoms with Crippen LogP contribution in [0.3, 0.4) is 0 Å². The molecular formula is C20H24ClN3O6. The summed E-state index contributed by atoms with van der Waals surface area (Å²) in [5.41, 5.74) is 1.27. The largest absolute Gasteiger partial charge is 0.493 e. The van der Waals surface area contributed by atoms with Gasteiger partial charge in [-0.05, 0) is 6.07 Å². The first-order chi connectivity index (χ1) is 14.1. The molecule has 9 nitrogen and oxygen atoms in total. The van der Waals surface area contributed by atoms with Gasteiger partial charge in [0.15, 0.2) is 23.0 Å². The summed E-state index contributed by atoms with van der Waals surface area (Å²) < 4.78 is 32.6. The highest BCUT2D eigenvalue weighted by molar-refractivity contribution is 5.97. The van der Waals surface area contributed by atoms with E-state index in [0.29, 0.717) is 56.9 Å². The lowest BCUT2D eigenvalue weighted by Gasteiger charge is -2.17. The maximum Gasteiger partial charge on any atom is 0.205 e. The molecule has 0 atom stereocenters. The van der Waals surface area contributed by atoms with Crippen LogP contribution < -0.4 is 33.7 Å². The van der Waals surface area contributed by atoms with Gasteiger partial charge in [0.1, 0.15) is 17.7 Å². The van der Waals surface area contributed by atoms with Crippen molar-refractivity contribution in [2.45, 2.75) is 0 Å². The van der Waals surface area contributed by atoms with Gasteiger partial charge in [-0.2, -0.15) is 0 Å². The lowest BCUT2D eigenvalue weighted by Crippen LogP contribution is -2.02. The molecule has 10 heteroatoms. The molecule has 0 saturated carbocycles. The van der Waals surface area contributed by atoms with E-state index in [2.05, 4.69) is 15.3 Å². The summed E-state index contributed by atoms with van der Waals surface area (Å²) in [5.74, 6) is 3.50. The first-order valence-corrected chi connectivity index (χ1v) is 8.62. The molecule has 0 bridgehead atoms. The number of hydrogen-bond donors (Lipinski definition) is 1. The molecule has 0 unspecified atom stereocenters. The average molecular weight is 438 g/mol. The highest BCUT2D eigenvalue weighted by atomic mass is 35.5. The molecule has 3 aromatic rings. The van der Waals surface area contributed by atoms with Gasteiger partial charge in [0.2, 0.25) is 11.5 Å². The Bertz CT molecular complexity index is 1010. The number of hydrogen-bond acceptors (Lipinski definition) is 9. The quantitative estimate of drug-likeness (QED) is 0.563. The second-order valence-corrected chi connectivity index (χ2v) is 5.80. The van der Waals surface area contributed by atoms with E-state index in [1.54, 1.807) is 60.9 Å². The highest BCUT2D eigenvalue weighted by Crippen LogP contribution is 2.45. The van der Waals surface area contributed by atoms with Crippen molar-refractivity contribution in [3.63, 3.8) is 0 Å². The molecule has 0 amide bonds. The van der Waals surface area contributed by atoms with Gasteiger partial charge in [0.25, 0.3) is 0 Å². The third-order valence-electron chi connectivity index (χ3n) is 4.36. The number of halogens is 1. The van der Waals surface area contributed by atoms with E-state index in [0.717, 1.165) is 0 Å². The summed E-state index contributed by atoms with van der Waals surface area (Å²) in [6.45, 7) is 0. The second-order valence-electron chi connectivity index (χ2n) is 5.80. The first-order valence-electron chi connectivity index (χ1n) is 8.62. The summed E-state index contributed by atoms with van der Waals surface area (Å²) in [6, 6.07) is 5.36. The van der Waals surface area contributed by atoms with Gasteiger partial charge in [0, 0.05) is 17.8 Å². The fourth-order valence-corrected chi connectivity index (χ4v) is 3.05. The van der Waals surface area contributed by atoms with E-state index >= 15 is 0 Å². The predicted molar refractivity (Wildman–Crippen MR) is 116 cm³/mol. The van der Waals surface area contributed by atoms with Crippen LogP contribution in [0.1, 0.15) is 0 Å². The number of fused-ring (bicyclic) bond motifs is 1. The van der Waals surface area contributed by atoms with Gasteiger partial charge in [-0.3, -0.25) is 0 Å². The van der Waals surface area contributed by atoms with Crippen LogP contribution in [0.5, 0.6) is 34.5 Å². The van der Waals surface area contributed by atoms with Gasteiger partial charge < -0.3 is 33.7 Å². The minimum atomic E-state index is 0. The van der Waals surface area contributed by atoms with E-state index in [4.69, 9.17) is 28.4 Å². The number of methoxy groups -OCH3 is 6. The summed E-state index contributed by atoms with van der Waals surface area (Å²) in [5, 5.41) is 3.96. The number of benzene rings is 2. The zero-order valence-electron chi connectivity index (χ0n) is 17.6. The molecule has 0 aliphatic heterocycles. The Labute approximate surface area is 180 Å². The van der Waals surface area contributed by atoms with Crippen LogP contribution in [0.25, 0.3) is 10.9 Å². The third kappa shape index (κ3) is 4.02. The predicted octanol–water partition coefficient (Wildman–Crippen LogP) is 3.85. The number of ether oxygens (including phenoxy) is 6. The Morgan fingerprint density at radius 1 is 0.633 bits per heavy atom. The average Bonchev–Trinajstić information content (AvgIpc) is 2.76. The Kier molecular flexibility index (Phi) is 7.60. The van der Waals surface area contributed by atoms with Gasteiger partial charge in [0.05, 0.1) is 48.0 Å². The molecule has 30 heavy (non-hydrogen) atoms. The molecule has 0 saturated heterocycles. The fourth-order valence-electron chi connectivity index (χ4n) is 3.05. The molecule has 1 aromatic heterocycles. The van der Waals surface area contributed by atoms with Crippen molar-refractivity contribution in [2.24, 2.45) is 0 Å². The van der Waals surface area contributed by atoms with Crippen molar-refractivity contribution in [1.29, 1.82) is 0 Å².